The van der Waals surface area contributed by atoms with Gasteiger partial charge in [0.05, 0.1) is 17.4 Å². The Balaban J connectivity index is 1.60. The van der Waals surface area contributed by atoms with Gasteiger partial charge in [0.2, 0.25) is 0 Å². The van der Waals surface area contributed by atoms with Crippen LogP contribution in [0.3, 0.4) is 0 Å². The molecule has 0 spiro atoms. The first-order chi connectivity index (χ1) is 12.1. The van der Waals surface area contributed by atoms with Crippen LogP contribution < -0.4 is 0 Å². The van der Waals surface area contributed by atoms with E-state index < -0.39 is 0 Å². The largest absolute Gasteiger partial charge is 0.241 e. The van der Waals surface area contributed by atoms with E-state index in [1.54, 1.807) is 4.80 Å². The van der Waals surface area contributed by atoms with Crippen LogP contribution in [0.2, 0.25) is 0 Å². The van der Waals surface area contributed by atoms with Gasteiger partial charge in [0.15, 0.2) is 17.3 Å². The minimum absolute atomic E-state index is 0.487. The highest BCUT2D eigenvalue weighted by Crippen LogP contribution is 2.42. The molecule has 2 aliphatic carbocycles. The first kappa shape index (κ1) is 14.8. The Labute approximate surface area is 146 Å². The van der Waals surface area contributed by atoms with Gasteiger partial charge in [0.25, 0.3) is 0 Å². The summed E-state index contributed by atoms with van der Waals surface area (Å²) in [7, 11) is 0. The summed E-state index contributed by atoms with van der Waals surface area (Å²) in [5.41, 5.74) is 5.18. The molecule has 6 nitrogen and oxygen atoms in total. The van der Waals surface area contributed by atoms with Gasteiger partial charge >= 0.3 is 0 Å². The van der Waals surface area contributed by atoms with Crippen molar-refractivity contribution in [2.45, 2.75) is 58.4 Å². The van der Waals surface area contributed by atoms with E-state index in [9.17, 15) is 0 Å². The molecule has 0 saturated heterocycles. The van der Waals surface area contributed by atoms with Gasteiger partial charge in [-0.25, -0.2) is 9.67 Å². The van der Waals surface area contributed by atoms with Crippen molar-refractivity contribution in [1.82, 2.24) is 29.8 Å². The zero-order valence-electron chi connectivity index (χ0n) is 14.9. The first-order valence-electron chi connectivity index (χ1n) is 9.08. The predicted octanol–water partition coefficient (Wildman–Crippen LogP) is 3.66. The number of hydrogen-bond acceptors (Lipinski definition) is 4. The van der Waals surface area contributed by atoms with Crippen molar-refractivity contribution in [3.63, 3.8) is 0 Å². The summed E-state index contributed by atoms with van der Waals surface area (Å²) in [6, 6.07) is 6.82. The molecule has 1 aromatic carbocycles. The van der Waals surface area contributed by atoms with Gasteiger partial charge in [0, 0.05) is 5.92 Å². The molecule has 3 aromatic rings. The summed E-state index contributed by atoms with van der Waals surface area (Å²) in [6.07, 6.45) is 4.79. The van der Waals surface area contributed by atoms with Crippen molar-refractivity contribution in [3.05, 3.63) is 40.8 Å². The van der Waals surface area contributed by atoms with Crippen LogP contribution in [-0.4, -0.2) is 29.8 Å². The average molecular weight is 334 g/mol. The molecule has 6 heteroatoms. The van der Waals surface area contributed by atoms with E-state index in [0.717, 1.165) is 28.7 Å². The summed E-state index contributed by atoms with van der Waals surface area (Å²) >= 11 is 0. The molecule has 0 unspecified atom stereocenters. The zero-order valence-corrected chi connectivity index (χ0v) is 14.9. The number of rotatable bonds is 4. The molecular formula is C19H22N6. The van der Waals surface area contributed by atoms with Crippen molar-refractivity contribution >= 4 is 0 Å². The molecule has 2 aromatic heterocycles. The van der Waals surface area contributed by atoms with Crippen LogP contribution in [0.1, 0.15) is 60.3 Å². The van der Waals surface area contributed by atoms with Crippen LogP contribution in [0, 0.1) is 20.8 Å². The highest BCUT2D eigenvalue weighted by atomic mass is 15.5. The maximum atomic E-state index is 4.84. The molecule has 0 aliphatic heterocycles. The second kappa shape index (κ2) is 5.25. The molecule has 128 valence electrons. The second-order valence-electron chi connectivity index (χ2n) is 7.46. The maximum Gasteiger partial charge on any atom is 0.181 e. The Bertz CT molecular complexity index is 958. The van der Waals surface area contributed by atoms with Crippen molar-refractivity contribution in [3.8, 4) is 17.2 Å². The molecule has 2 fully saturated rings. The van der Waals surface area contributed by atoms with Gasteiger partial charge < -0.3 is 0 Å². The van der Waals surface area contributed by atoms with Gasteiger partial charge in [-0.3, -0.25) is 0 Å². The van der Waals surface area contributed by atoms with E-state index in [1.165, 1.54) is 36.8 Å². The van der Waals surface area contributed by atoms with Crippen LogP contribution in [-0.2, 0) is 0 Å². The third-order valence-electron chi connectivity index (χ3n) is 5.04. The summed E-state index contributed by atoms with van der Waals surface area (Å²) in [5, 5.41) is 14.2. The van der Waals surface area contributed by atoms with Crippen molar-refractivity contribution in [2.24, 2.45) is 0 Å². The highest BCUT2D eigenvalue weighted by molar-refractivity contribution is 5.54. The minimum Gasteiger partial charge on any atom is -0.241 e. The number of benzene rings is 1. The number of aromatic nitrogens is 6. The lowest BCUT2D eigenvalue weighted by Gasteiger charge is -2.05. The topological polar surface area (TPSA) is 61.4 Å². The molecule has 2 heterocycles. The third-order valence-corrected chi connectivity index (χ3v) is 5.04. The van der Waals surface area contributed by atoms with Crippen molar-refractivity contribution in [2.75, 3.05) is 0 Å². The van der Waals surface area contributed by atoms with Crippen molar-refractivity contribution in [1.29, 1.82) is 0 Å². The molecule has 25 heavy (non-hydrogen) atoms. The summed E-state index contributed by atoms with van der Waals surface area (Å²) in [6.45, 7) is 6.20. The predicted molar refractivity (Wildman–Crippen MR) is 94.8 cm³/mol. The highest BCUT2D eigenvalue weighted by Gasteiger charge is 2.34. The van der Waals surface area contributed by atoms with Crippen LogP contribution >= 0.6 is 0 Å². The van der Waals surface area contributed by atoms with Gasteiger partial charge in [-0.05, 0) is 58.1 Å². The SMILES string of the molecule is Cc1ccc(-n2nc(C)c(-c3nc(C4CC4)nn3C3CC3)n2)c(C)c1. The van der Waals surface area contributed by atoms with E-state index in [2.05, 4.69) is 41.8 Å². The lowest BCUT2D eigenvalue weighted by atomic mass is 10.1. The first-order valence-corrected chi connectivity index (χ1v) is 9.08. The second-order valence-corrected chi connectivity index (χ2v) is 7.46. The standard InChI is InChI=1S/C19H22N6/c1-11-4-9-16(12(2)10-11)25-21-13(3)17(22-25)19-20-18(14-5-6-14)23-24(19)15-7-8-15/h4,9-10,14-15H,5-8H2,1-3H3. The Morgan fingerprint density at radius 3 is 2.44 bits per heavy atom. The van der Waals surface area contributed by atoms with E-state index >= 15 is 0 Å². The fourth-order valence-corrected chi connectivity index (χ4v) is 3.31. The van der Waals surface area contributed by atoms with Crippen LogP contribution in [0.15, 0.2) is 18.2 Å². The van der Waals surface area contributed by atoms with Crippen LogP contribution in [0.25, 0.3) is 17.2 Å². The third kappa shape index (κ3) is 2.56. The normalized spacial score (nSPS) is 17.2. The molecule has 2 saturated carbocycles. The maximum absolute atomic E-state index is 4.84. The fourth-order valence-electron chi connectivity index (χ4n) is 3.31. The minimum atomic E-state index is 0.487. The number of hydrogen-bond donors (Lipinski definition) is 0. The quantitative estimate of drug-likeness (QED) is 0.730. The van der Waals surface area contributed by atoms with Crippen molar-refractivity contribution < 1.29 is 0 Å². The molecule has 0 atom stereocenters. The lowest BCUT2D eigenvalue weighted by molar-refractivity contribution is 0.634. The van der Waals surface area contributed by atoms with E-state index in [4.69, 9.17) is 15.2 Å². The molecule has 0 N–H and O–H groups in total. The monoisotopic (exact) mass is 334 g/mol. The number of aryl methyl sites for hydroxylation is 3. The van der Waals surface area contributed by atoms with Gasteiger partial charge in [0.1, 0.15) is 0 Å². The Morgan fingerprint density at radius 1 is 0.960 bits per heavy atom. The van der Waals surface area contributed by atoms with Crippen LogP contribution in [0.5, 0.6) is 0 Å². The molecule has 0 amide bonds. The smallest absolute Gasteiger partial charge is 0.181 e. The summed E-state index contributed by atoms with van der Waals surface area (Å²) in [5.74, 6) is 2.42. The molecular weight excluding hydrogens is 312 g/mol. The Morgan fingerprint density at radius 2 is 1.76 bits per heavy atom. The van der Waals surface area contributed by atoms with Gasteiger partial charge in [-0.1, -0.05) is 17.7 Å². The van der Waals surface area contributed by atoms with E-state index in [0.29, 0.717) is 12.0 Å². The molecule has 2 aliphatic rings. The Hall–Kier alpha value is -2.50. The number of nitrogens with zero attached hydrogens (tertiary/aromatic N) is 6. The fraction of sp³-hybridized carbons (Fsp3) is 0.474. The zero-order chi connectivity index (χ0) is 17.1. The lowest BCUT2D eigenvalue weighted by Crippen LogP contribution is -2.03. The Kier molecular flexibility index (Phi) is 3.11. The van der Waals surface area contributed by atoms with Gasteiger partial charge in [-0.15, -0.1) is 5.10 Å². The summed E-state index contributed by atoms with van der Waals surface area (Å²) in [4.78, 5) is 6.58. The van der Waals surface area contributed by atoms with E-state index in [-0.39, 0.29) is 0 Å². The van der Waals surface area contributed by atoms with Gasteiger partial charge in [-0.2, -0.15) is 15.0 Å². The summed E-state index contributed by atoms with van der Waals surface area (Å²) < 4.78 is 2.09. The molecule has 5 rings (SSSR count). The van der Waals surface area contributed by atoms with E-state index in [1.807, 2.05) is 6.92 Å². The average Bonchev–Trinajstić information content (AvgIpc) is 3.50. The molecule has 0 bridgehead atoms. The molecule has 0 radical (unpaired) electrons. The van der Waals surface area contributed by atoms with Crippen LogP contribution in [0.4, 0.5) is 0 Å².